The molecular weight excluding hydrogens is 204 g/mol. The summed E-state index contributed by atoms with van der Waals surface area (Å²) in [5.74, 6) is 0. The molecule has 0 aliphatic heterocycles. The lowest BCUT2D eigenvalue weighted by Crippen LogP contribution is -2.26. The molecule has 1 unspecified atom stereocenters. The van der Waals surface area contributed by atoms with Gasteiger partial charge in [0.1, 0.15) is 0 Å². The molecule has 0 N–H and O–H groups in total. The fourth-order valence-corrected chi connectivity index (χ4v) is 1.94. The summed E-state index contributed by atoms with van der Waals surface area (Å²) >= 11 is 13.5. The second-order valence-corrected chi connectivity index (χ2v) is 5.83. The van der Waals surface area contributed by atoms with Gasteiger partial charge in [0.2, 0.25) is 0 Å². The average Bonchev–Trinajstić information content (AvgIpc) is 2.03. The van der Waals surface area contributed by atoms with E-state index in [9.17, 15) is 0 Å². The van der Waals surface area contributed by atoms with Gasteiger partial charge < -0.3 is 0 Å². The molecule has 0 aromatic carbocycles. The molecule has 0 aromatic rings. The van der Waals surface area contributed by atoms with E-state index in [1.165, 1.54) is 19.3 Å². The number of hydrogen-bond acceptors (Lipinski definition) is 3. The first kappa shape index (κ1) is 13.1. The monoisotopic (exact) mass is 224 g/mol. The summed E-state index contributed by atoms with van der Waals surface area (Å²) < 4.78 is -0.187. The highest BCUT2D eigenvalue weighted by atomic mass is 32.2. The third kappa shape index (κ3) is 4.93. The number of unbranched alkanes of at least 4 members (excludes halogenated alkanes) is 2. The summed E-state index contributed by atoms with van der Waals surface area (Å²) in [5.41, 5.74) is 0. The second-order valence-electron chi connectivity index (χ2n) is 3.26. The van der Waals surface area contributed by atoms with Crippen molar-refractivity contribution in [2.75, 3.05) is 0 Å². The molecule has 0 heterocycles. The normalized spacial score (nSPS) is 14.8. The van der Waals surface area contributed by atoms with E-state index in [-0.39, 0.29) is 4.08 Å². The molecule has 1 atom stereocenters. The summed E-state index contributed by atoms with van der Waals surface area (Å²) in [6, 6.07) is 0. The van der Waals surface area contributed by atoms with Gasteiger partial charge in [-0.1, -0.05) is 33.1 Å². The Labute approximate surface area is 93.1 Å². The van der Waals surface area contributed by atoms with Crippen LogP contribution >= 0.6 is 37.9 Å². The molecule has 0 saturated carbocycles. The molecule has 0 rings (SSSR count). The standard InChI is InChI=1S/C9H20S3/c1-3-5-6-7-9(11,12)8(10)4-2/h8,10-12H,3-7H2,1-2H3. The lowest BCUT2D eigenvalue weighted by atomic mass is 10.1. The van der Waals surface area contributed by atoms with Crippen molar-refractivity contribution in [1.82, 2.24) is 0 Å². The van der Waals surface area contributed by atoms with Crippen LogP contribution in [0.25, 0.3) is 0 Å². The summed E-state index contributed by atoms with van der Waals surface area (Å²) in [4.78, 5) is 0. The maximum Gasteiger partial charge on any atom is 0.0667 e. The Bertz CT molecular complexity index is 112. The molecule has 0 nitrogen and oxygen atoms in total. The molecule has 0 spiro atoms. The van der Waals surface area contributed by atoms with Crippen molar-refractivity contribution < 1.29 is 0 Å². The van der Waals surface area contributed by atoms with Crippen LogP contribution in [0, 0.1) is 0 Å². The Kier molecular flexibility index (Phi) is 7.06. The van der Waals surface area contributed by atoms with E-state index < -0.39 is 0 Å². The van der Waals surface area contributed by atoms with Crippen LogP contribution in [0.5, 0.6) is 0 Å². The smallest absolute Gasteiger partial charge is 0.0667 e. The molecule has 0 aliphatic rings. The first-order valence-electron chi connectivity index (χ1n) is 4.67. The zero-order chi connectivity index (χ0) is 9.61. The van der Waals surface area contributed by atoms with E-state index in [1.54, 1.807) is 0 Å². The Morgan fingerprint density at radius 2 is 1.75 bits per heavy atom. The molecule has 0 saturated heterocycles. The van der Waals surface area contributed by atoms with E-state index in [2.05, 4.69) is 51.7 Å². The van der Waals surface area contributed by atoms with Crippen molar-refractivity contribution in [1.29, 1.82) is 0 Å². The largest absolute Gasteiger partial charge is 0.174 e. The highest BCUT2D eigenvalue weighted by Gasteiger charge is 2.26. The van der Waals surface area contributed by atoms with E-state index in [1.807, 2.05) is 0 Å². The van der Waals surface area contributed by atoms with Crippen molar-refractivity contribution in [3.05, 3.63) is 0 Å². The van der Waals surface area contributed by atoms with Gasteiger partial charge in [-0.15, -0.1) is 0 Å². The molecule has 0 bridgehead atoms. The predicted octanol–water partition coefficient (Wildman–Crippen LogP) is 3.83. The van der Waals surface area contributed by atoms with Crippen LogP contribution < -0.4 is 0 Å². The molecular formula is C9H20S3. The average molecular weight is 224 g/mol. The van der Waals surface area contributed by atoms with Crippen LogP contribution in [-0.2, 0) is 0 Å². The Balaban J connectivity index is 3.70. The minimum atomic E-state index is -0.187. The van der Waals surface area contributed by atoms with Gasteiger partial charge in [-0.25, -0.2) is 0 Å². The molecule has 0 amide bonds. The Morgan fingerprint density at radius 1 is 1.17 bits per heavy atom. The lowest BCUT2D eigenvalue weighted by Gasteiger charge is -2.28. The molecule has 0 fully saturated rings. The van der Waals surface area contributed by atoms with Gasteiger partial charge >= 0.3 is 0 Å². The summed E-state index contributed by atoms with van der Waals surface area (Å²) in [5, 5.41) is 0.293. The van der Waals surface area contributed by atoms with Gasteiger partial charge in [0.25, 0.3) is 0 Å². The minimum absolute atomic E-state index is 0.187. The SMILES string of the molecule is CCCCCC(S)(S)C(S)CC. The molecule has 0 aliphatic carbocycles. The van der Waals surface area contributed by atoms with E-state index in [0.29, 0.717) is 5.25 Å². The molecule has 74 valence electrons. The molecule has 12 heavy (non-hydrogen) atoms. The molecule has 0 aromatic heterocycles. The first-order chi connectivity index (χ1) is 5.54. The van der Waals surface area contributed by atoms with E-state index >= 15 is 0 Å². The van der Waals surface area contributed by atoms with Gasteiger partial charge in [0.15, 0.2) is 0 Å². The Hall–Kier alpha value is 1.05. The zero-order valence-corrected chi connectivity index (χ0v) is 10.6. The highest BCUT2D eigenvalue weighted by Crippen LogP contribution is 2.35. The highest BCUT2D eigenvalue weighted by molar-refractivity contribution is 8.02. The molecule has 0 radical (unpaired) electrons. The van der Waals surface area contributed by atoms with Gasteiger partial charge in [0, 0.05) is 5.25 Å². The fourth-order valence-electron chi connectivity index (χ4n) is 1.13. The van der Waals surface area contributed by atoms with Crippen LogP contribution in [0.15, 0.2) is 0 Å². The van der Waals surface area contributed by atoms with E-state index in [0.717, 1.165) is 12.8 Å². The van der Waals surface area contributed by atoms with Crippen molar-refractivity contribution >= 4 is 37.9 Å². The maximum atomic E-state index is 4.52. The fraction of sp³-hybridized carbons (Fsp3) is 1.00. The van der Waals surface area contributed by atoms with Crippen LogP contribution in [0.1, 0.15) is 46.0 Å². The molecule has 3 heteroatoms. The van der Waals surface area contributed by atoms with E-state index in [4.69, 9.17) is 0 Å². The van der Waals surface area contributed by atoms with Crippen molar-refractivity contribution in [3.63, 3.8) is 0 Å². The third-order valence-corrected chi connectivity index (χ3v) is 4.35. The van der Waals surface area contributed by atoms with Gasteiger partial charge in [0.05, 0.1) is 4.08 Å². The second kappa shape index (κ2) is 6.50. The van der Waals surface area contributed by atoms with Crippen molar-refractivity contribution in [2.24, 2.45) is 0 Å². The van der Waals surface area contributed by atoms with Crippen LogP contribution in [0.2, 0.25) is 0 Å². The van der Waals surface area contributed by atoms with Crippen LogP contribution in [-0.4, -0.2) is 9.33 Å². The maximum absolute atomic E-state index is 4.52. The number of thiol groups is 3. The number of rotatable bonds is 6. The summed E-state index contributed by atoms with van der Waals surface area (Å²) in [6.45, 7) is 4.33. The third-order valence-electron chi connectivity index (χ3n) is 2.07. The predicted molar refractivity (Wildman–Crippen MR) is 67.9 cm³/mol. The van der Waals surface area contributed by atoms with Crippen molar-refractivity contribution in [3.8, 4) is 0 Å². The van der Waals surface area contributed by atoms with Crippen molar-refractivity contribution in [2.45, 2.75) is 55.3 Å². The summed E-state index contributed by atoms with van der Waals surface area (Å²) in [6.07, 6.45) is 5.81. The lowest BCUT2D eigenvalue weighted by molar-refractivity contribution is 0.602. The summed E-state index contributed by atoms with van der Waals surface area (Å²) in [7, 11) is 0. The quantitative estimate of drug-likeness (QED) is 0.341. The van der Waals surface area contributed by atoms with Gasteiger partial charge in [-0.05, 0) is 12.8 Å². The number of hydrogen-bond donors (Lipinski definition) is 3. The van der Waals surface area contributed by atoms with Crippen LogP contribution in [0.3, 0.4) is 0 Å². The Morgan fingerprint density at radius 3 is 2.17 bits per heavy atom. The topological polar surface area (TPSA) is 0 Å². The van der Waals surface area contributed by atoms with Gasteiger partial charge in [-0.3, -0.25) is 0 Å². The minimum Gasteiger partial charge on any atom is -0.174 e. The first-order valence-corrected chi connectivity index (χ1v) is 6.08. The van der Waals surface area contributed by atoms with Gasteiger partial charge in [-0.2, -0.15) is 37.9 Å². The zero-order valence-electron chi connectivity index (χ0n) is 7.95. The van der Waals surface area contributed by atoms with Crippen LogP contribution in [0.4, 0.5) is 0 Å².